The molecule has 0 atom stereocenters. The van der Waals surface area contributed by atoms with E-state index in [1.54, 1.807) is 6.07 Å². The first-order valence-electron chi connectivity index (χ1n) is 9.17. The zero-order chi connectivity index (χ0) is 19.3. The maximum Gasteiger partial charge on any atom is 0.240 e. The van der Waals surface area contributed by atoms with Crippen LogP contribution in [0.4, 0.5) is 5.69 Å². The van der Waals surface area contributed by atoms with Crippen molar-refractivity contribution >= 4 is 21.6 Å². The van der Waals surface area contributed by atoms with E-state index in [0.29, 0.717) is 18.2 Å². The number of hydrogen-bond acceptors (Lipinski definition) is 4. The molecule has 0 radical (unpaired) electrons. The van der Waals surface area contributed by atoms with Gasteiger partial charge in [-0.05, 0) is 70.8 Å². The molecule has 0 aromatic heterocycles. The van der Waals surface area contributed by atoms with Gasteiger partial charge >= 0.3 is 0 Å². The second-order valence-corrected chi connectivity index (χ2v) is 9.35. The first-order valence-corrected chi connectivity index (χ1v) is 11.0. The van der Waals surface area contributed by atoms with Crippen molar-refractivity contribution in [3.05, 3.63) is 29.3 Å². The normalized spacial score (nSPS) is 16.5. The number of rotatable bonds is 7. The van der Waals surface area contributed by atoms with Crippen molar-refractivity contribution < 1.29 is 13.2 Å². The molecule has 1 heterocycles. The highest BCUT2D eigenvalue weighted by Crippen LogP contribution is 2.23. The third kappa shape index (κ3) is 5.99. The van der Waals surface area contributed by atoms with E-state index in [2.05, 4.69) is 17.3 Å². The molecule has 7 heteroatoms. The lowest BCUT2D eigenvalue weighted by molar-refractivity contribution is -0.119. The van der Waals surface area contributed by atoms with Crippen LogP contribution in [0.1, 0.15) is 30.4 Å². The molecule has 1 fully saturated rings. The minimum atomic E-state index is -3.53. The van der Waals surface area contributed by atoms with Gasteiger partial charge < -0.3 is 10.2 Å². The van der Waals surface area contributed by atoms with E-state index in [9.17, 15) is 13.2 Å². The second kappa shape index (κ2) is 8.86. The highest BCUT2D eigenvalue weighted by molar-refractivity contribution is 7.92. The average molecular weight is 382 g/mol. The maximum absolute atomic E-state index is 12.3. The molecule has 0 aliphatic carbocycles. The summed E-state index contributed by atoms with van der Waals surface area (Å²) in [7, 11) is -1.40. The topological polar surface area (TPSA) is 69.7 Å². The Morgan fingerprint density at radius 3 is 2.50 bits per heavy atom. The summed E-state index contributed by atoms with van der Waals surface area (Å²) in [5, 5.41) is 2.89. The van der Waals surface area contributed by atoms with Gasteiger partial charge in [0.1, 0.15) is 6.54 Å². The van der Waals surface area contributed by atoms with E-state index in [-0.39, 0.29) is 12.5 Å². The molecule has 6 nitrogen and oxygen atoms in total. The molecule has 1 aromatic rings. The average Bonchev–Trinajstić information content (AvgIpc) is 2.54. The Kier molecular flexibility index (Phi) is 7.06. The van der Waals surface area contributed by atoms with Gasteiger partial charge in [0.05, 0.1) is 11.9 Å². The number of likely N-dealkylation sites (tertiary alicyclic amines) is 1. The van der Waals surface area contributed by atoms with Crippen molar-refractivity contribution in [1.29, 1.82) is 0 Å². The number of carbonyl (C=O) groups excluding carboxylic acids is 1. The molecule has 26 heavy (non-hydrogen) atoms. The number of amides is 1. The molecule has 1 amide bonds. The van der Waals surface area contributed by atoms with Crippen LogP contribution < -0.4 is 9.62 Å². The lowest BCUT2D eigenvalue weighted by atomic mass is 9.94. The predicted octanol–water partition coefficient (Wildman–Crippen LogP) is 1.92. The fourth-order valence-corrected chi connectivity index (χ4v) is 4.33. The summed E-state index contributed by atoms with van der Waals surface area (Å²) in [4.78, 5) is 14.6. The van der Waals surface area contributed by atoms with Crippen molar-refractivity contribution in [3.8, 4) is 0 Å². The monoisotopic (exact) mass is 381 g/mol. The standard InChI is InChI=1S/C19H31N3O3S/c1-15-5-6-18(16(2)13-15)22(26(4,24)25)14-19(23)20-10-7-17-8-11-21(3)12-9-17/h5-6,13,17H,7-12,14H2,1-4H3,(H,20,23). The molecule has 1 aliphatic rings. The Morgan fingerprint density at radius 2 is 1.92 bits per heavy atom. The molecule has 146 valence electrons. The van der Waals surface area contributed by atoms with E-state index >= 15 is 0 Å². The van der Waals surface area contributed by atoms with Gasteiger partial charge in [-0.2, -0.15) is 0 Å². The molecule has 0 unspecified atom stereocenters. The Morgan fingerprint density at radius 1 is 1.27 bits per heavy atom. The first-order chi connectivity index (χ1) is 12.2. The highest BCUT2D eigenvalue weighted by Gasteiger charge is 2.22. The number of nitrogens with one attached hydrogen (secondary N) is 1. The third-order valence-corrected chi connectivity index (χ3v) is 6.15. The number of hydrogen-bond donors (Lipinski definition) is 1. The van der Waals surface area contributed by atoms with Crippen LogP contribution in [0.25, 0.3) is 0 Å². The first kappa shape index (κ1) is 20.7. The summed E-state index contributed by atoms with van der Waals surface area (Å²) in [6.07, 6.45) is 4.40. The number of benzene rings is 1. The van der Waals surface area contributed by atoms with Crippen molar-refractivity contribution in [2.45, 2.75) is 33.1 Å². The van der Waals surface area contributed by atoms with Crippen molar-refractivity contribution in [1.82, 2.24) is 10.2 Å². The molecule has 2 rings (SSSR count). The van der Waals surface area contributed by atoms with Crippen LogP contribution in [0.5, 0.6) is 0 Å². The van der Waals surface area contributed by atoms with E-state index in [1.165, 1.54) is 4.31 Å². The van der Waals surface area contributed by atoms with Crippen molar-refractivity contribution in [2.24, 2.45) is 5.92 Å². The molecule has 1 aromatic carbocycles. The van der Waals surface area contributed by atoms with E-state index in [1.807, 2.05) is 26.0 Å². The van der Waals surface area contributed by atoms with Crippen LogP contribution in [-0.4, -0.2) is 58.7 Å². The maximum atomic E-state index is 12.3. The molecule has 0 spiro atoms. The predicted molar refractivity (Wildman–Crippen MR) is 106 cm³/mol. The summed E-state index contributed by atoms with van der Waals surface area (Å²) < 4.78 is 25.6. The minimum Gasteiger partial charge on any atom is -0.355 e. The van der Waals surface area contributed by atoms with Gasteiger partial charge in [0.15, 0.2) is 0 Å². The third-order valence-electron chi connectivity index (χ3n) is 5.02. The Hall–Kier alpha value is -1.60. The van der Waals surface area contributed by atoms with Crippen LogP contribution in [0.3, 0.4) is 0 Å². The Bertz CT molecular complexity index is 726. The largest absolute Gasteiger partial charge is 0.355 e. The molecule has 1 saturated heterocycles. The number of carbonyl (C=O) groups is 1. The molecule has 1 N–H and O–H groups in total. The van der Waals surface area contributed by atoms with Gasteiger partial charge in [0, 0.05) is 6.54 Å². The molecular weight excluding hydrogens is 350 g/mol. The number of anilines is 1. The van der Waals surface area contributed by atoms with Gasteiger partial charge in [-0.25, -0.2) is 8.42 Å². The van der Waals surface area contributed by atoms with Crippen molar-refractivity contribution in [3.63, 3.8) is 0 Å². The summed E-state index contributed by atoms with van der Waals surface area (Å²) in [5.41, 5.74) is 2.46. The zero-order valence-electron chi connectivity index (χ0n) is 16.3. The van der Waals surface area contributed by atoms with E-state index < -0.39 is 10.0 Å². The lowest BCUT2D eigenvalue weighted by Crippen LogP contribution is -2.41. The van der Waals surface area contributed by atoms with Gasteiger partial charge in [-0.15, -0.1) is 0 Å². The second-order valence-electron chi connectivity index (χ2n) is 7.44. The van der Waals surface area contributed by atoms with Crippen LogP contribution in [0.15, 0.2) is 18.2 Å². The van der Waals surface area contributed by atoms with Crippen LogP contribution in [-0.2, 0) is 14.8 Å². The lowest BCUT2D eigenvalue weighted by Gasteiger charge is -2.29. The van der Waals surface area contributed by atoms with E-state index in [4.69, 9.17) is 0 Å². The van der Waals surface area contributed by atoms with Gasteiger partial charge in [-0.1, -0.05) is 17.7 Å². The number of sulfonamides is 1. The highest BCUT2D eigenvalue weighted by atomic mass is 32.2. The number of aryl methyl sites for hydroxylation is 2. The minimum absolute atomic E-state index is 0.184. The fraction of sp³-hybridized carbons (Fsp3) is 0.632. The Balaban J connectivity index is 1.93. The van der Waals surface area contributed by atoms with Gasteiger partial charge in [0.25, 0.3) is 0 Å². The summed E-state index contributed by atoms with van der Waals surface area (Å²) >= 11 is 0. The summed E-state index contributed by atoms with van der Waals surface area (Å²) in [6.45, 7) is 6.43. The fourth-order valence-electron chi connectivity index (χ4n) is 3.42. The van der Waals surface area contributed by atoms with Crippen LogP contribution in [0, 0.1) is 19.8 Å². The Labute approximate surface area is 157 Å². The quantitative estimate of drug-likeness (QED) is 0.783. The molecular formula is C19H31N3O3S. The van der Waals surface area contributed by atoms with Crippen LogP contribution in [0.2, 0.25) is 0 Å². The van der Waals surface area contributed by atoms with Gasteiger partial charge in [0.2, 0.25) is 15.9 Å². The molecule has 1 aliphatic heterocycles. The van der Waals surface area contributed by atoms with E-state index in [0.717, 1.165) is 49.7 Å². The molecule has 0 saturated carbocycles. The van der Waals surface area contributed by atoms with Crippen LogP contribution >= 0.6 is 0 Å². The zero-order valence-corrected chi connectivity index (χ0v) is 17.1. The number of nitrogens with zero attached hydrogens (tertiary/aromatic N) is 2. The summed E-state index contributed by atoms with van der Waals surface area (Å²) in [6, 6.07) is 5.54. The SMILES string of the molecule is Cc1ccc(N(CC(=O)NCCC2CCN(C)CC2)S(C)(=O)=O)c(C)c1. The van der Waals surface area contributed by atoms with Gasteiger partial charge in [-0.3, -0.25) is 9.10 Å². The summed E-state index contributed by atoms with van der Waals surface area (Å²) in [5.74, 6) is 0.375. The number of piperidine rings is 1. The van der Waals surface area contributed by atoms with Crippen molar-refractivity contribution in [2.75, 3.05) is 43.8 Å². The smallest absolute Gasteiger partial charge is 0.240 e. The molecule has 0 bridgehead atoms.